The van der Waals surface area contributed by atoms with Crippen molar-refractivity contribution in [3.63, 3.8) is 0 Å². The highest BCUT2D eigenvalue weighted by molar-refractivity contribution is 9.10. The number of hydrogen-bond acceptors (Lipinski definition) is 4. The van der Waals surface area contributed by atoms with Gasteiger partial charge >= 0.3 is 0 Å². The molecule has 0 spiro atoms. The van der Waals surface area contributed by atoms with Gasteiger partial charge in [0.25, 0.3) is 0 Å². The lowest BCUT2D eigenvalue weighted by Crippen LogP contribution is -2.02. The molecule has 3 heterocycles. The summed E-state index contributed by atoms with van der Waals surface area (Å²) in [6.07, 6.45) is 5.18. The third-order valence-electron chi connectivity index (χ3n) is 3.53. The number of halogens is 2. The van der Waals surface area contributed by atoms with E-state index in [9.17, 15) is 0 Å². The molecule has 0 amide bonds. The van der Waals surface area contributed by atoms with E-state index in [4.69, 9.17) is 11.6 Å². The summed E-state index contributed by atoms with van der Waals surface area (Å²) in [5, 5.41) is 8.37. The van der Waals surface area contributed by atoms with Gasteiger partial charge in [-0.05, 0) is 34.1 Å². The zero-order chi connectivity index (χ0) is 16.5. The second-order valence-electron chi connectivity index (χ2n) is 5.10. The number of nitrogens with zero attached hydrogens (tertiary/aromatic N) is 4. The maximum Gasteiger partial charge on any atom is 0.172 e. The molecule has 4 aromatic rings. The van der Waals surface area contributed by atoms with E-state index in [0.717, 1.165) is 27.2 Å². The van der Waals surface area contributed by atoms with Gasteiger partial charge in [-0.3, -0.25) is 4.98 Å². The van der Waals surface area contributed by atoms with Gasteiger partial charge in [0.05, 0.1) is 16.4 Å². The predicted octanol–water partition coefficient (Wildman–Crippen LogP) is 4.95. The van der Waals surface area contributed by atoms with Crippen LogP contribution in [0.25, 0.3) is 16.9 Å². The summed E-state index contributed by atoms with van der Waals surface area (Å²) in [5.41, 5.74) is 3.26. The fourth-order valence-electron chi connectivity index (χ4n) is 2.42. The lowest BCUT2D eigenvalue weighted by Gasteiger charge is -2.11. The van der Waals surface area contributed by atoms with Crippen LogP contribution >= 0.6 is 27.5 Å². The van der Waals surface area contributed by atoms with Crippen molar-refractivity contribution in [2.24, 2.45) is 0 Å². The molecule has 0 radical (unpaired) electrons. The molecule has 0 aliphatic heterocycles. The number of rotatable bonds is 3. The summed E-state index contributed by atoms with van der Waals surface area (Å²) >= 11 is 9.83. The maximum absolute atomic E-state index is 6.33. The van der Waals surface area contributed by atoms with E-state index in [1.165, 1.54) is 0 Å². The molecule has 118 valence electrons. The number of fused-ring (bicyclic) bond motifs is 1. The molecule has 0 unspecified atom stereocenters. The molecular formula is C17H11BrClN5. The molecule has 0 aliphatic rings. The van der Waals surface area contributed by atoms with E-state index in [2.05, 4.69) is 36.3 Å². The van der Waals surface area contributed by atoms with Crippen molar-refractivity contribution in [1.82, 2.24) is 19.6 Å². The third-order valence-corrected chi connectivity index (χ3v) is 4.42. The first-order valence-electron chi connectivity index (χ1n) is 7.18. The Morgan fingerprint density at radius 3 is 2.67 bits per heavy atom. The molecule has 5 nitrogen and oxygen atoms in total. The average molecular weight is 401 g/mol. The second-order valence-corrected chi connectivity index (χ2v) is 6.36. The Labute approximate surface area is 151 Å². The summed E-state index contributed by atoms with van der Waals surface area (Å²) in [4.78, 5) is 8.72. The number of anilines is 2. The zero-order valence-electron chi connectivity index (χ0n) is 12.3. The van der Waals surface area contributed by atoms with Crippen LogP contribution < -0.4 is 5.32 Å². The minimum atomic E-state index is 0.653. The Balaban J connectivity index is 1.90. The number of hydrogen-bond donors (Lipinski definition) is 1. The van der Waals surface area contributed by atoms with Gasteiger partial charge in [0.2, 0.25) is 0 Å². The summed E-state index contributed by atoms with van der Waals surface area (Å²) in [5.74, 6) is 0.784. The molecule has 0 saturated carbocycles. The topological polar surface area (TPSA) is 55.1 Å². The van der Waals surface area contributed by atoms with Crippen LogP contribution in [0.2, 0.25) is 5.02 Å². The molecule has 3 aromatic heterocycles. The number of pyridine rings is 1. The molecule has 4 rings (SSSR count). The summed E-state index contributed by atoms with van der Waals surface area (Å²) in [6.45, 7) is 0. The van der Waals surface area contributed by atoms with Crippen LogP contribution in [0.5, 0.6) is 0 Å². The normalized spacial score (nSPS) is 10.9. The number of benzene rings is 1. The van der Waals surface area contributed by atoms with Crippen LogP contribution in [0.3, 0.4) is 0 Å². The lowest BCUT2D eigenvalue weighted by molar-refractivity contribution is 0.948. The zero-order valence-corrected chi connectivity index (χ0v) is 14.7. The largest absolute Gasteiger partial charge is 0.340 e. The smallest absolute Gasteiger partial charge is 0.172 e. The first-order chi connectivity index (χ1) is 11.7. The quantitative estimate of drug-likeness (QED) is 0.528. The molecular weight excluding hydrogens is 390 g/mol. The first-order valence-corrected chi connectivity index (χ1v) is 8.36. The van der Waals surface area contributed by atoms with Gasteiger partial charge in [0.1, 0.15) is 5.82 Å². The van der Waals surface area contributed by atoms with Crippen molar-refractivity contribution < 1.29 is 0 Å². The number of nitrogens with one attached hydrogen (secondary N) is 1. The van der Waals surface area contributed by atoms with Crippen molar-refractivity contribution in [3.8, 4) is 11.3 Å². The van der Waals surface area contributed by atoms with Crippen LogP contribution in [0, 0.1) is 0 Å². The van der Waals surface area contributed by atoms with Crippen molar-refractivity contribution in [2.45, 2.75) is 0 Å². The van der Waals surface area contributed by atoms with Crippen molar-refractivity contribution in [1.29, 1.82) is 0 Å². The van der Waals surface area contributed by atoms with Gasteiger partial charge in [0.15, 0.2) is 5.65 Å². The van der Waals surface area contributed by atoms with E-state index < -0.39 is 0 Å². The predicted molar refractivity (Wildman–Crippen MR) is 98.7 cm³/mol. The molecule has 7 heteroatoms. The lowest BCUT2D eigenvalue weighted by atomic mass is 10.1. The second kappa shape index (κ2) is 6.22. The molecule has 0 bridgehead atoms. The minimum absolute atomic E-state index is 0.653. The average Bonchev–Trinajstić information content (AvgIpc) is 2.98. The van der Waals surface area contributed by atoms with Gasteiger partial charge in [-0.2, -0.15) is 9.61 Å². The Kier molecular flexibility index (Phi) is 3.92. The highest BCUT2D eigenvalue weighted by Gasteiger charge is 2.13. The van der Waals surface area contributed by atoms with E-state index >= 15 is 0 Å². The fourth-order valence-corrected chi connectivity index (χ4v) is 3.00. The number of aromatic nitrogens is 4. The highest BCUT2D eigenvalue weighted by Crippen LogP contribution is 2.31. The Morgan fingerprint density at radius 2 is 1.88 bits per heavy atom. The monoisotopic (exact) mass is 399 g/mol. The standard InChI is InChI=1S/C17H11BrClN5/c18-13-10-21-24-16(22-11-5-7-20-8-6-11)9-15(23-17(13)24)12-3-1-2-4-14(12)19/h1-10H,(H,20,22). The highest BCUT2D eigenvalue weighted by atomic mass is 79.9. The summed E-state index contributed by atoms with van der Waals surface area (Å²) in [6, 6.07) is 13.3. The van der Waals surface area contributed by atoms with E-state index in [0.29, 0.717) is 10.7 Å². The van der Waals surface area contributed by atoms with Crippen LogP contribution in [-0.4, -0.2) is 19.6 Å². The molecule has 0 saturated heterocycles. The SMILES string of the molecule is Clc1ccccc1-c1cc(Nc2ccncc2)n2ncc(Br)c2n1. The van der Waals surface area contributed by atoms with Crippen molar-refractivity contribution >= 4 is 44.7 Å². The Morgan fingerprint density at radius 1 is 1.08 bits per heavy atom. The van der Waals surface area contributed by atoms with E-state index in [1.54, 1.807) is 23.1 Å². The van der Waals surface area contributed by atoms with Gasteiger partial charge < -0.3 is 5.32 Å². The van der Waals surface area contributed by atoms with E-state index in [1.807, 2.05) is 42.5 Å². The third kappa shape index (κ3) is 2.74. The van der Waals surface area contributed by atoms with Gasteiger partial charge in [-0.15, -0.1) is 0 Å². The van der Waals surface area contributed by atoms with Crippen molar-refractivity contribution in [2.75, 3.05) is 5.32 Å². The van der Waals surface area contributed by atoms with Crippen molar-refractivity contribution in [3.05, 3.63) is 70.6 Å². The molecule has 1 N–H and O–H groups in total. The summed E-state index contributed by atoms with van der Waals surface area (Å²) in [7, 11) is 0. The van der Waals surface area contributed by atoms with Crippen LogP contribution in [-0.2, 0) is 0 Å². The fraction of sp³-hybridized carbons (Fsp3) is 0. The molecule has 0 fully saturated rings. The molecule has 1 aromatic carbocycles. The first kappa shape index (κ1) is 15.1. The molecule has 24 heavy (non-hydrogen) atoms. The molecule has 0 aliphatic carbocycles. The Hall–Kier alpha value is -2.44. The summed E-state index contributed by atoms with van der Waals surface area (Å²) < 4.78 is 2.55. The van der Waals surface area contributed by atoms with Crippen LogP contribution in [0.1, 0.15) is 0 Å². The molecule has 0 atom stereocenters. The van der Waals surface area contributed by atoms with E-state index in [-0.39, 0.29) is 0 Å². The van der Waals surface area contributed by atoms with Crippen LogP contribution in [0.15, 0.2) is 65.5 Å². The van der Waals surface area contributed by atoms with Gasteiger partial charge in [-0.1, -0.05) is 29.8 Å². The maximum atomic E-state index is 6.33. The van der Waals surface area contributed by atoms with Gasteiger partial charge in [0, 0.05) is 34.7 Å². The Bertz CT molecular complexity index is 1020. The van der Waals surface area contributed by atoms with Crippen LogP contribution in [0.4, 0.5) is 11.5 Å². The minimum Gasteiger partial charge on any atom is -0.340 e. The van der Waals surface area contributed by atoms with Gasteiger partial charge in [-0.25, -0.2) is 4.98 Å².